The number of thioether (sulfide) groups is 1. The van der Waals surface area contributed by atoms with E-state index in [0.717, 1.165) is 0 Å². The van der Waals surface area contributed by atoms with E-state index in [-0.39, 0.29) is 0 Å². The Morgan fingerprint density at radius 1 is 1.33 bits per heavy atom. The highest BCUT2D eigenvalue weighted by Gasteiger charge is 2.18. The lowest BCUT2D eigenvalue weighted by Gasteiger charge is -2.20. The maximum atomic E-state index is 9.74. The predicted molar refractivity (Wildman–Crippen MR) is 54.3 cm³/mol. The summed E-state index contributed by atoms with van der Waals surface area (Å²) in [5.41, 5.74) is 1.18. The molecule has 1 atom stereocenters. The Morgan fingerprint density at radius 3 is 2.42 bits per heavy atom. The Labute approximate surface area is 77.8 Å². The normalized spacial score (nSPS) is 15.6. The van der Waals surface area contributed by atoms with Gasteiger partial charge in [-0.3, -0.25) is 0 Å². The fraction of sp³-hybridized carbons (Fsp3) is 0.400. The first kappa shape index (κ1) is 9.62. The maximum absolute atomic E-state index is 9.74. The van der Waals surface area contributed by atoms with Gasteiger partial charge >= 0.3 is 0 Å². The van der Waals surface area contributed by atoms with Crippen molar-refractivity contribution in [3.05, 3.63) is 35.9 Å². The van der Waals surface area contributed by atoms with Crippen LogP contribution in [0.5, 0.6) is 0 Å². The topological polar surface area (TPSA) is 20.2 Å². The fourth-order valence-corrected chi connectivity index (χ4v) is 1.36. The van der Waals surface area contributed by atoms with E-state index in [4.69, 9.17) is 0 Å². The van der Waals surface area contributed by atoms with Crippen molar-refractivity contribution in [3.8, 4) is 0 Å². The van der Waals surface area contributed by atoms with Crippen molar-refractivity contribution in [3.63, 3.8) is 0 Å². The molecule has 0 amide bonds. The van der Waals surface area contributed by atoms with Gasteiger partial charge in [0.1, 0.15) is 4.93 Å². The van der Waals surface area contributed by atoms with Crippen LogP contribution in [0.15, 0.2) is 30.3 Å². The first-order chi connectivity index (χ1) is 5.64. The number of rotatable bonds is 3. The van der Waals surface area contributed by atoms with Gasteiger partial charge in [0.05, 0.1) is 0 Å². The number of hydrogen-bond donors (Lipinski definition) is 1. The van der Waals surface area contributed by atoms with E-state index in [1.54, 1.807) is 0 Å². The van der Waals surface area contributed by atoms with E-state index >= 15 is 0 Å². The molecular formula is C10H14OS. The summed E-state index contributed by atoms with van der Waals surface area (Å²) in [4.78, 5) is -0.638. The molecule has 0 aromatic heterocycles. The van der Waals surface area contributed by atoms with Gasteiger partial charge in [0.15, 0.2) is 0 Å². The van der Waals surface area contributed by atoms with Crippen LogP contribution in [0, 0.1) is 0 Å². The minimum Gasteiger partial charge on any atom is -0.379 e. The van der Waals surface area contributed by atoms with Crippen LogP contribution in [-0.2, 0) is 6.42 Å². The van der Waals surface area contributed by atoms with E-state index in [2.05, 4.69) is 0 Å². The van der Waals surface area contributed by atoms with Crippen LogP contribution in [0.25, 0.3) is 0 Å². The second-order valence-corrected chi connectivity index (χ2v) is 4.33. The molecule has 12 heavy (non-hydrogen) atoms. The van der Waals surface area contributed by atoms with E-state index in [1.807, 2.05) is 43.5 Å². The van der Waals surface area contributed by atoms with Crippen molar-refractivity contribution in [2.24, 2.45) is 0 Å². The minimum absolute atomic E-state index is 0.638. The van der Waals surface area contributed by atoms with Crippen molar-refractivity contribution in [1.29, 1.82) is 0 Å². The molecule has 2 heteroatoms. The highest BCUT2D eigenvalue weighted by molar-refractivity contribution is 7.99. The second-order valence-electron chi connectivity index (χ2n) is 3.04. The molecule has 0 aliphatic heterocycles. The van der Waals surface area contributed by atoms with E-state index < -0.39 is 4.93 Å². The largest absolute Gasteiger partial charge is 0.379 e. The van der Waals surface area contributed by atoms with Crippen molar-refractivity contribution >= 4 is 11.8 Å². The smallest absolute Gasteiger partial charge is 0.111 e. The van der Waals surface area contributed by atoms with Gasteiger partial charge in [0, 0.05) is 6.42 Å². The molecule has 1 aromatic rings. The van der Waals surface area contributed by atoms with E-state index in [9.17, 15) is 5.11 Å². The summed E-state index contributed by atoms with van der Waals surface area (Å²) in [7, 11) is 0. The van der Waals surface area contributed by atoms with Gasteiger partial charge in [-0.2, -0.15) is 0 Å². The molecule has 1 N–H and O–H groups in total. The summed E-state index contributed by atoms with van der Waals surface area (Å²) in [6, 6.07) is 10.0. The summed E-state index contributed by atoms with van der Waals surface area (Å²) >= 11 is 1.48. The molecule has 0 bridgehead atoms. The average Bonchev–Trinajstić information content (AvgIpc) is 2.06. The Kier molecular flexibility index (Phi) is 3.18. The zero-order valence-corrected chi connectivity index (χ0v) is 8.27. The Balaban J connectivity index is 2.64. The van der Waals surface area contributed by atoms with Gasteiger partial charge in [-0.1, -0.05) is 30.3 Å². The molecule has 1 unspecified atom stereocenters. The van der Waals surface area contributed by atoms with Gasteiger partial charge in [-0.15, -0.1) is 11.8 Å². The van der Waals surface area contributed by atoms with Gasteiger partial charge < -0.3 is 5.11 Å². The molecule has 66 valence electrons. The lowest BCUT2D eigenvalue weighted by atomic mass is 10.1. The molecule has 0 fully saturated rings. The third-order valence-electron chi connectivity index (χ3n) is 1.81. The molecule has 0 saturated heterocycles. The maximum Gasteiger partial charge on any atom is 0.111 e. The predicted octanol–water partition coefficient (Wildman–Crippen LogP) is 2.30. The van der Waals surface area contributed by atoms with Crippen molar-refractivity contribution in [2.75, 3.05) is 6.26 Å². The van der Waals surface area contributed by atoms with Gasteiger partial charge in [-0.25, -0.2) is 0 Å². The Bertz CT molecular complexity index is 231. The number of hydrogen-bond acceptors (Lipinski definition) is 2. The van der Waals surface area contributed by atoms with Crippen LogP contribution >= 0.6 is 11.8 Å². The monoisotopic (exact) mass is 182 g/mol. The lowest BCUT2D eigenvalue weighted by molar-refractivity contribution is 0.159. The lowest BCUT2D eigenvalue weighted by Crippen LogP contribution is -2.21. The molecule has 0 saturated carbocycles. The SMILES string of the molecule is CSC(C)(O)Cc1ccccc1. The average molecular weight is 182 g/mol. The second kappa shape index (κ2) is 3.97. The number of aliphatic hydroxyl groups is 1. The van der Waals surface area contributed by atoms with Crippen LogP contribution < -0.4 is 0 Å². The Hall–Kier alpha value is -0.470. The summed E-state index contributed by atoms with van der Waals surface area (Å²) < 4.78 is 0. The molecule has 0 aliphatic rings. The molecule has 0 heterocycles. The summed E-state index contributed by atoms with van der Waals surface area (Å²) in [5.74, 6) is 0. The molecule has 0 radical (unpaired) electrons. The van der Waals surface area contributed by atoms with Crippen molar-refractivity contribution in [1.82, 2.24) is 0 Å². The fourth-order valence-electron chi connectivity index (χ4n) is 1.05. The minimum atomic E-state index is -0.638. The molecule has 0 aliphatic carbocycles. The van der Waals surface area contributed by atoms with Crippen LogP contribution in [-0.4, -0.2) is 16.3 Å². The van der Waals surface area contributed by atoms with Gasteiger partial charge in [0.25, 0.3) is 0 Å². The van der Waals surface area contributed by atoms with Gasteiger partial charge in [-0.05, 0) is 18.7 Å². The van der Waals surface area contributed by atoms with Crippen LogP contribution in [0.2, 0.25) is 0 Å². The molecular weight excluding hydrogens is 168 g/mol. The zero-order chi connectivity index (χ0) is 9.03. The molecule has 1 nitrogen and oxygen atoms in total. The van der Waals surface area contributed by atoms with Crippen molar-refractivity contribution < 1.29 is 5.11 Å². The highest BCUT2D eigenvalue weighted by Crippen LogP contribution is 2.23. The summed E-state index contributed by atoms with van der Waals surface area (Å²) in [6.45, 7) is 1.84. The number of benzene rings is 1. The third kappa shape index (κ3) is 2.88. The summed E-state index contributed by atoms with van der Waals surface area (Å²) in [6.07, 6.45) is 2.62. The van der Waals surface area contributed by atoms with Crippen molar-refractivity contribution in [2.45, 2.75) is 18.3 Å². The first-order valence-electron chi connectivity index (χ1n) is 3.95. The third-order valence-corrected chi connectivity index (χ3v) is 2.84. The van der Waals surface area contributed by atoms with Gasteiger partial charge in [0.2, 0.25) is 0 Å². The zero-order valence-electron chi connectivity index (χ0n) is 7.45. The highest BCUT2D eigenvalue weighted by atomic mass is 32.2. The molecule has 1 aromatic carbocycles. The van der Waals surface area contributed by atoms with E-state index in [1.165, 1.54) is 17.3 Å². The van der Waals surface area contributed by atoms with Crippen LogP contribution in [0.4, 0.5) is 0 Å². The first-order valence-corrected chi connectivity index (χ1v) is 5.18. The molecule has 1 rings (SSSR count). The van der Waals surface area contributed by atoms with Crippen LogP contribution in [0.3, 0.4) is 0 Å². The summed E-state index contributed by atoms with van der Waals surface area (Å²) in [5, 5.41) is 9.74. The standard InChI is InChI=1S/C10H14OS/c1-10(11,12-2)8-9-6-4-3-5-7-9/h3-7,11H,8H2,1-2H3. The van der Waals surface area contributed by atoms with E-state index in [0.29, 0.717) is 6.42 Å². The van der Waals surface area contributed by atoms with Crippen LogP contribution in [0.1, 0.15) is 12.5 Å². The Morgan fingerprint density at radius 2 is 1.92 bits per heavy atom. The quantitative estimate of drug-likeness (QED) is 0.724. The molecule has 0 spiro atoms.